The lowest BCUT2D eigenvalue weighted by Gasteiger charge is -2.29. The van der Waals surface area contributed by atoms with Gasteiger partial charge in [-0.3, -0.25) is 4.79 Å². The van der Waals surface area contributed by atoms with E-state index >= 15 is 0 Å². The third-order valence-corrected chi connectivity index (χ3v) is 7.20. The minimum atomic E-state index is -0.972. The summed E-state index contributed by atoms with van der Waals surface area (Å²) in [6.45, 7) is 4.57. The van der Waals surface area contributed by atoms with E-state index in [1.54, 1.807) is 6.07 Å². The molecule has 2 aliphatic rings. The van der Waals surface area contributed by atoms with E-state index in [1.807, 2.05) is 12.1 Å². The Labute approximate surface area is 180 Å². The number of primary amides is 1. The van der Waals surface area contributed by atoms with Gasteiger partial charge in [0, 0.05) is 23.5 Å². The van der Waals surface area contributed by atoms with E-state index < -0.39 is 11.9 Å². The number of hydrogen-bond donors (Lipinski definition) is 2. The average molecular weight is 429 g/mol. The van der Waals surface area contributed by atoms with Crippen molar-refractivity contribution in [3.63, 3.8) is 0 Å². The van der Waals surface area contributed by atoms with Crippen LogP contribution in [0, 0.1) is 0 Å². The fourth-order valence-electron chi connectivity index (χ4n) is 4.43. The number of hydrogen-bond acceptors (Lipinski definition) is 6. The Morgan fingerprint density at radius 3 is 2.70 bits per heavy atom. The SMILES string of the molecule is NC(=O)c1cccc2c1CN(c1nc(C(=O)O)c(CCCN3CCCCC3)s1)CC2. The molecule has 160 valence electrons. The Morgan fingerprint density at radius 1 is 1.17 bits per heavy atom. The van der Waals surface area contributed by atoms with Crippen molar-refractivity contribution >= 4 is 28.3 Å². The van der Waals surface area contributed by atoms with Crippen LogP contribution in [0.5, 0.6) is 0 Å². The second-order valence-electron chi connectivity index (χ2n) is 8.06. The third kappa shape index (κ3) is 4.49. The summed E-state index contributed by atoms with van der Waals surface area (Å²) in [5.74, 6) is -1.40. The number of nitrogens with zero attached hydrogens (tertiary/aromatic N) is 3. The van der Waals surface area contributed by atoms with E-state index in [-0.39, 0.29) is 5.69 Å². The maximum atomic E-state index is 11.8. The molecule has 8 heteroatoms. The number of carbonyl (C=O) groups excluding carboxylic acids is 1. The van der Waals surface area contributed by atoms with Gasteiger partial charge in [-0.25, -0.2) is 9.78 Å². The second-order valence-corrected chi connectivity index (χ2v) is 9.12. The van der Waals surface area contributed by atoms with Crippen LogP contribution < -0.4 is 10.6 Å². The maximum Gasteiger partial charge on any atom is 0.355 e. The first kappa shape index (κ1) is 20.8. The molecule has 0 aliphatic carbocycles. The van der Waals surface area contributed by atoms with Gasteiger partial charge in [-0.1, -0.05) is 18.6 Å². The third-order valence-electron chi connectivity index (χ3n) is 6.02. The second kappa shape index (κ2) is 9.14. The molecule has 2 aliphatic heterocycles. The maximum absolute atomic E-state index is 11.8. The normalized spacial score (nSPS) is 17.0. The van der Waals surface area contributed by atoms with Gasteiger partial charge in [-0.05, 0) is 68.9 Å². The number of carboxylic acid groups (broad SMARTS) is 1. The number of aromatic carboxylic acids is 1. The van der Waals surface area contributed by atoms with Crippen LogP contribution in [-0.4, -0.2) is 53.0 Å². The highest BCUT2D eigenvalue weighted by atomic mass is 32.1. The predicted molar refractivity (Wildman–Crippen MR) is 117 cm³/mol. The highest BCUT2D eigenvalue weighted by Crippen LogP contribution is 2.32. The van der Waals surface area contributed by atoms with Crippen molar-refractivity contribution in [2.75, 3.05) is 31.1 Å². The highest BCUT2D eigenvalue weighted by molar-refractivity contribution is 7.15. The number of likely N-dealkylation sites (tertiary alicyclic amines) is 1. The molecule has 30 heavy (non-hydrogen) atoms. The van der Waals surface area contributed by atoms with Crippen molar-refractivity contribution in [1.82, 2.24) is 9.88 Å². The van der Waals surface area contributed by atoms with Crippen LogP contribution in [0.3, 0.4) is 0 Å². The molecule has 0 spiro atoms. The van der Waals surface area contributed by atoms with Gasteiger partial charge >= 0.3 is 5.97 Å². The first-order valence-electron chi connectivity index (χ1n) is 10.6. The van der Waals surface area contributed by atoms with Crippen LogP contribution in [0.25, 0.3) is 0 Å². The number of fused-ring (bicyclic) bond motifs is 1. The molecule has 1 fully saturated rings. The number of benzene rings is 1. The Kier molecular flexibility index (Phi) is 6.34. The Bertz CT molecular complexity index is 936. The lowest BCUT2D eigenvalue weighted by Crippen LogP contribution is -2.32. The molecule has 3 N–H and O–H groups in total. The molecule has 1 amide bonds. The number of nitrogens with two attached hydrogens (primary N) is 1. The number of carboxylic acids is 1. The summed E-state index contributed by atoms with van der Waals surface area (Å²) in [5, 5.41) is 10.4. The number of anilines is 1. The zero-order chi connectivity index (χ0) is 21.1. The minimum Gasteiger partial charge on any atom is -0.476 e. The molecular formula is C22H28N4O3S. The molecule has 1 aromatic heterocycles. The van der Waals surface area contributed by atoms with Gasteiger partial charge in [0.25, 0.3) is 0 Å². The fraction of sp³-hybridized carbons (Fsp3) is 0.500. The predicted octanol–water partition coefficient (Wildman–Crippen LogP) is 2.92. The molecular weight excluding hydrogens is 400 g/mol. The number of thiazole rings is 1. The largest absolute Gasteiger partial charge is 0.476 e. The number of rotatable bonds is 7. The number of aryl methyl sites for hydroxylation is 1. The van der Waals surface area contributed by atoms with Crippen LogP contribution in [0.4, 0.5) is 5.13 Å². The molecule has 0 radical (unpaired) electrons. The molecule has 3 heterocycles. The van der Waals surface area contributed by atoms with Crippen LogP contribution in [0.15, 0.2) is 18.2 Å². The summed E-state index contributed by atoms with van der Waals surface area (Å²) in [5.41, 5.74) is 8.31. The molecule has 0 bridgehead atoms. The summed E-state index contributed by atoms with van der Waals surface area (Å²) in [6, 6.07) is 5.64. The number of carbonyl (C=O) groups is 2. The number of piperidine rings is 1. The quantitative estimate of drug-likeness (QED) is 0.703. The monoisotopic (exact) mass is 428 g/mol. The van der Waals surface area contributed by atoms with Crippen molar-refractivity contribution in [3.05, 3.63) is 45.5 Å². The topological polar surface area (TPSA) is 99.8 Å². The Hall–Kier alpha value is -2.45. The first-order chi connectivity index (χ1) is 14.5. The van der Waals surface area contributed by atoms with Crippen LogP contribution >= 0.6 is 11.3 Å². The minimum absolute atomic E-state index is 0.169. The van der Waals surface area contributed by atoms with Gasteiger partial charge < -0.3 is 20.6 Å². The summed E-state index contributed by atoms with van der Waals surface area (Å²) in [4.78, 5) is 33.4. The van der Waals surface area contributed by atoms with E-state index in [1.165, 1.54) is 30.6 Å². The lowest BCUT2D eigenvalue weighted by atomic mass is 9.95. The summed E-state index contributed by atoms with van der Waals surface area (Å²) >= 11 is 1.47. The van der Waals surface area contributed by atoms with Gasteiger partial charge in [0.2, 0.25) is 5.91 Å². The standard InChI is InChI=1S/C22H28N4O3S/c23-20(27)16-7-4-6-15-9-13-26(14-17(15)16)22-24-19(21(28)29)18(30-22)8-5-12-25-10-2-1-3-11-25/h4,6-7H,1-3,5,8-14H2,(H2,23,27)(H,28,29). The van der Waals surface area contributed by atoms with Crippen molar-refractivity contribution in [2.45, 2.75) is 45.1 Å². The van der Waals surface area contributed by atoms with Gasteiger partial charge in [0.1, 0.15) is 0 Å². The van der Waals surface area contributed by atoms with Crippen LogP contribution in [0.2, 0.25) is 0 Å². The van der Waals surface area contributed by atoms with Gasteiger partial charge in [0.15, 0.2) is 10.8 Å². The number of amides is 1. The molecule has 0 unspecified atom stereocenters. The summed E-state index contributed by atoms with van der Waals surface area (Å²) in [6.07, 6.45) is 6.28. The molecule has 4 rings (SSSR count). The Balaban J connectivity index is 1.49. The molecule has 1 saturated heterocycles. The van der Waals surface area contributed by atoms with E-state index in [4.69, 9.17) is 5.73 Å². The van der Waals surface area contributed by atoms with Crippen molar-refractivity contribution < 1.29 is 14.7 Å². The lowest BCUT2D eigenvalue weighted by molar-refractivity contribution is 0.0690. The highest BCUT2D eigenvalue weighted by Gasteiger charge is 2.26. The van der Waals surface area contributed by atoms with Gasteiger partial charge in [0.05, 0.1) is 0 Å². The first-order valence-corrected chi connectivity index (χ1v) is 11.5. The van der Waals surface area contributed by atoms with Crippen molar-refractivity contribution in [1.29, 1.82) is 0 Å². The van der Waals surface area contributed by atoms with E-state index in [2.05, 4.69) is 14.8 Å². The van der Waals surface area contributed by atoms with Gasteiger partial charge in [-0.2, -0.15) is 0 Å². The zero-order valence-corrected chi connectivity index (χ0v) is 17.9. The number of aromatic nitrogens is 1. The van der Waals surface area contributed by atoms with E-state index in [0.717, 1.165) is 61.4 Å². The Morgan fingerprint density at radius 2 is 1.97 bits per heavy atom. The van der Waals surface area contributed by atoms with Gasteiger partial charge in [-0.15, -0.1) is 11.3 Å². The fourth-order valence-corrected chi connectivity index (χ4v) is 5.55. The molecule has 1 aromatic carbocycles. The molecule has 7 nitrogen and oxygen atoms in total. The van der Waals surface area contributed by atoms with Crippen molar-refractivity contribution in [3.8, 4) is 0 Å². The van der Waals surface area contributed by atoms with Crippen LogP contribution in [-0.2, 0) is 19.4 Å². The summed E-state index contributed by atoms with van der Waals surface area (Å²) < 4.78 is 0. The van der Waals surface area contributed by atoms with Crippen molar-refractivity contribution in [2.24, 2.45) is 5.73 Å². The average Bonchev–Trinajstić information content (AvgIpc) is 3.18. The van der Waals surface area contributed by atoms with E-state index in [0.29, 0.717) is 17.2 Å². The zero-order valence-electron chi connectivity index (χ0n) is 17.1. The van der Waals surface area contributed by atoms with Crippen LogP contribution in [0.1, 0.15) is 62.5 Å². The molecule has 2 aromatic rings. The molecule has 0 saturated carbocycles. The summed E-state index contributed by atoms with van der Waals surface area (Å²) in [7, 11) is 0. The van der Waals surface area contributed by atoms with E-state index in [9.17, 15) is 14.7 Å². The molecule has 0 atom stereocenters. The smallest absolute Gasteiger partial charge is 0.355 e.